The number of rotatable bonds is 9. The van der Waals surface area contributed by atoms with Gasteiger partial charge < -0.3 is 14.6 Å². The van der Waals surface area contributed by atoms with Crippen molar-refractivity contribution in [2.45, 2.75) is 64.4 Å². The van der Waals surface area contributed by atoms with Gasteiger partial charge in [-0.1, -0.05) is 49.7 Å². The van der Waals surface area contributed by atoms with Crippen LogP contribution in [0.5, 0.6) is 11.5 Å². The molecule has 4 nitrogen and oxygen atoms in total. The van der Waals surface area contributed by atoms with Gasteiger partial charge in [-0.15, -0.1) is 0 Å². The third-order valence-corrected chi connectivity index (χ3v) is 7.20. The average Bonchev–Trinajstić information content (AvgIpc) is 2.92. The molecule has 202 valence electrons. The second kappa shape index (κ2) is 12.5. The Kier molecular flexibility index (Phi) is 9.10. The number of hydrogen-bond acceptors (Lipinski definition) is 4. The Hall–Kier alpha value is -3.32. The van der Waals surface area contributed by atoms with Crippen molar-refractivity contribution in [3.63, 3.8) is 0 Å². The first kappa shape index (κ1) is 27.7. The topological polar surface area (TPSA) is 55.8 Å². The van der Waals surface area contributed by atoms with Crippen molar-refractivity contribution < 1.29 is 32.5 Å². The molecule has 7 heteroatoms. The number of carbonyl (C=O) groups is 1. The lowest BCUT2D eigenvalue weighted by Crippen LogP contribution is -2.25. The van der Waals surface area contributed by atoms with Crippen molar-refractivity contribution >= 4 is 5.97 Å². The maximum absolute atomic E-state index is 15.2. The molecule has 1 saturated carbocycles. The highest BCUT2D eigenvalue weighted by Gasteiger charge is 2.31. The summed E-state index contributed by atoms with van der Waals surface area (Å²) < 4.78 is 54.8. The van der Waals surface area contributed by atoms with Gasteiger partial charge in [-0.25, -0.2) is 13.2 Å². The fourth-order valence-corrected chi connectivity index (χ4v) is 5.08. The highest BCUT2D eigenvalue weighted by Crippen LogP contribution is 2.39. The van der Waals surface area contributed by atoms with Crippen LogP contribution >= 0.6 is 0 Å². The number of ether oxygens (including phenoxy) is 2. The Bertz CT molecular complexity index is 1250. The molecule has 1 aliphatic carbocycles. The van der Waals surface area contributed by atoms with Crippen molar-refractivity contribution in [1.29, 1.82) is 0 Å². The van der Waals surface area contributed by atoms with Gasteiger partial charge in [0.25, 0.3) is 0 Å². The van der Waals surface area contributed by atoms with E-state index in [9.17, 15) is 14.3 Å². The second-order valence-corrected chi connectivity index (χ2v) is 9.75. The Balaban J connectivity index is 1.39. The van der Waals surface area contributed by atoms with E-state index in [2.05, 4.69) is 0 Å². The van der Waals surface area contributed by atoms with Gasteiger partial charge >= 0.3 is 5.97 Å². The van der Waals surface area contributed by atoms with E-state index in [-0.39, 0.29) is 23.0 Å². The lowest BCUT2D eigenvalue weighted by atomic mass is 9.78. The highest BCUT2D eigenvalue weighted by atomic mass is 19.2. The summed E-state index contributed by atoms with van der Waals surface area (Å²) in [6.45, 7) is 4.06. The molecule has 0 bridgehead atoms. The monoisotopic (exact) mass is 526 g/mol. The van der Waals surface area contributed by atoms with E-state index in [1.165, 1.54) is 12.1 Å². The summed E-state index contributed by atoms with van der Waals surface area (Å²) in [7, 11) is 0. The Morgan fingerprint density at radius 3 is 2.29 bits per heavy atom. The van der Waals surface area contributed by atoms with Crippen LogP contribution in [0.25, 0.3) is 11.1 Å². The van der Waals surface area contributed by atoms with Crippen LogP contribution < -0.4 is 9.47 Å². The number of carbonyl (C=O) groups excluding carboxylic acids is 1. The van der Waals surface area contributed by atoms with Gasteiger partial charge in [0.05, 0.1) is 18.6 Å². The van der Waals surface area contributed by atoms with Crippen molar-refractivity contribution in [2.24, 2.45) is 5.92 Å². The molecule has 1 fully saturated rings. The van der Waals surface area contributed by atoms with Crippen LogP contribution in [0, 0.1) is 23.4 Å². The zero-order chi connectivity index (χ0) is 27.2. The largest absolute Gasteiger partial charge is 0.491 e. The van der Waals surface area contributed by atoms with Crippen molar-refractivity contribution in [2.75, 3.05) is 6.61 Å². The third-order valence-electron chi connectivity index (χ3n) is 7.20. The molecule has 3 aromatic carbocycles. The van der Waals surface area contributed by atoms with Crippen LogP contribution in [-0.2, 0) is 4.79 Å². The molecule has 1 atom stereocenters. The predicted molar refractivity (Wildman–Crippen MR) is 140 cm³/mol. The minimum atomic E-state index is -0.900. The summed E-state index contributed by atoms with van der Waals surface area (Å²) in [6.07, 6.45) is 2.86. The summed E-state index contributed by atoms with van der Waals surface area (Å²) in [5.41, 5.74) is 1.76. The van der Waals surface area contributed by atoms with Gasteiger partial charge in [-0.2, -0.15) is 0 Å². The SMILES string of the molecule is CCCC(O)c1ccc(-c2ccc(C3CCC(C(=O)Oc4ccc(OCC)c(F)c4)CC3)c(F)c2F)cc1. The minimum Gasteiger partial charge on any atom is -0.491 e. The number of aliphatic hydroxyl groups is 1. The van der Waals surface area contributed by atoms with E-state index in [1.54, 1.807) is 43.3 Å². The maximum atomic E-state index is 15.2. The molecule has 0 aromatic heterocycles. The van der Waals surface area contributed by atoms with Gasteiger partial charge in [-0.3, -0.25) is 4.79 Å². The summed E-state index contributed by atoms with van der Waals surface area (Å²) >= 11 is 0. The standard InChI is InChI=1S/C31H33F3O4/c1-3-5-27(35)21-10-6-19(7-11-21)24-15-16-25(30(34)29(24)33)20-8-12-22(13-9-20)31(36)38-23-14-17-28(37-4-2)26(32)18-23/h6-7,10-11,14-18,20,22,27,35H,3-5,8-9,12-13H2,1-2H3. The smallest absolute Gasteiger partial charge is 0.314 e. The van der Waals surface area contributed by atoms with E-state index in [4.69, 9.17) is 9.47 Å². The molecule has 0 saturated heterocycles. The molecule has 4 rings (SSSR count). The van der Waals surface area contributed by atoms with E-state index in [0.29, 0.717) is 49.8 Å². The van der Waals surface area contributed by atoms with E-state index in [1.807, 2.05) is 6.92 Å². The van der Waals surface area contributed by atoms with Crippen LogP contribution in [-0.4, -0.2) is 17.7 Å². The summed E-state index contributed by atoms with van der Waals surface area (Å²) in [6, 6.07) is 14.1. The van der Waals surface area contributed by atoms with Gasteiger partial charge in [0.15, 0.2) is 23.2 Å². The zero-order valence-corrected chi connectivity index (χ0v) is 21.7. The average molecular weight is 527 g/mol. The normalized spacial score (nSPS) is 18.2. The van der Waals surface area contributed by atoms with Crippen molar-refractivity contribution in [1.82, 2.24) is 0 Å². The molecule has 1 aliphatic rings. The molecular weight excluding hydrogens is 493 g/mol. The van der Waals surface area contributed by atoms with Crippen LogP contribution in [0.15, 0.2) is 54.6 Å². The van der Waals surface area contributed by atoms with Crippen molar-refractivity contribution in [3.05, 3.63) is 83.2 Å². The van der Waals surface area contributed by atoms with Gasteiger partial charge in [-0.05, 0) is 73.8 Å². The fraction of sp³-hybridized carbons (Fsp3) is 0.387. The van der Waals surface area contributed by atoms with Crippen LogP contribution in [0.1, 0.15) is 75.5 Å². The number of hydrogen-bond donors (Lipinski definition) is 1. The molecule has 38 heavy (non-hydrogen) atoms. The molecule has 0 spiro atoms. The first-order valence-electron chi connectivity index (χ1n) is 13.2. The van der Waals surface area contributed by atoms with Crippen molar-refractivity contribution in [3.8, 4) is 22.6 Å². The van der Waals surface area contributed by atoms with Crippen LogP contribution in [0.2, 0.25) is 0 Å². The Morgan fingerprint density at radius 2 is 1.66 bits per heavy atom. The van der Waals surface area contributed by atoms with E-state index >= 15 is 8.78 Å². The van der Waals surface area contributed by atoms with Gasteiger partial charge in [0, 0.05) is 11.6 Å². The molecule has 1 unspecified atom stereocenters. The molecule has 0 aliphatic heterocycles. The highest BCUT2D eigenvalue weighted by molar-refractivity contribution is 5.75. The molecular formula is C31H33F3O4. The molecule has 0 amide bonds. The second-order valence-electron chi connectivity index (χ2n) is 9.75. The number of benzene rings is 3. The summed E-state index contributed by atoms with van der Waals surface area (Å²) in [5, 5.41) is 10.1. The number of aliphatic hydroxyl groups excluding tert-OH is 1. The van der Waals surface area contributed by atoms with Crippen LogP contribution in [0.3, 0.4) is 0 Å². The molecule has 1 N–H and O–H groups in total. The molecule has 0 heterocycles. The predicted octanol–water partition coefficient (Wildman–Crippen LogP) is 7.88. The van der Waals surface area contributed by atoms with E-state index < -0.39 is 35.4 Å². The quantitative estimate of drug-likeness (QED) is 0.228. The minimum absolute atomic E-state index is 0.0934. The molecule has 0 radical (unpaired) electrons. The first-order chi connectivity index (χ1) is 18.3. The lowest BCUT2D eigenvalue weighted by molar-refractivity contribution is -0.140. The number of esters is 1. The van der Waals surface area contributed by atoms with Gasteiger partial charge in [0.2, 0.25) is 0 Å². The van der Waals surface area contributed by atoms with Gasteiger partial charge in [0.1, 0.15) is 5.75 Å². The Morgan fingerprint density at radius 1 is 0.947 bits per heavy atom. The summed E-state index contributed by atoms with van der Waals surface area (Å²) in [4.78, 5) is 12.6. The molecule has 3 aromatic rings. The van der Waals surface area contributed by atoms with E-state index in [0.717, 1.165) is 18.1 Å². The maximum Gasteiger partial charge on any atom is 0.314 e. The first-order valence-corrected chi connectivity index (χ1v) is 13.2. The fourth-order valence-electron chi connectivity index (χ4n) is 5.08. The number of halogens is 3. The zero-order valence-electron chi connectivity index (χ0n) is 21.7. The summed E-state index contributed by atoms with van der Waals surface area (Å²) in [5.74, 6) is -3.23. The van der Waals surface area contributed by atoms with Crippen LogP contribution in [0.4, 0.5) is 13.2 Å². The third kappa shape index (κ3) is 6.21. The Labute approximate surface area is 221 Å². The lowest BCUT2D eigenvalue weighted by Gasteiger charge is -2.28.